The second-order valence-corrected chi connectivity index (χ2v) is 8.83. The zero-order valence-electron chi connectivity index (χ0n) is 17.8. The molecule has 1 saturated carbocycles. The number of carbonyl (C=O) groups is 1. The third-order valence-corrected chi connectivity index (χ3v) is 6.93. The highest BCUT2D eigenvalue weighted by Crippen LogP contribution is 2.43. The maximum absolute atomic E-state index is 13.2. The number of hydrogen-bond donors (Lipinski definition) is 2. The molecule has 1 aliphatic carbocycles. The van der Waals surface area contributed by atoms with Crippen LogP contribution in [0.1, 0.15) is 67.3 Å². The van der Waals surface area contributed by atoms with Crippen molar-refractivity contribution < 1.29 is 14.6 Å². The maximum Gasteiger partial charge on any atom is 0.264 e. The van der Waals surface area contributed by atoms with Crippen molar-refractivity contribution >= 4 is 5.91 Å². The molecule has 1 aliphatic heterocycles. The van der Waals surface area contributed by atoms with Gasteiger partial charge in [0.15, 0.2) is 5.60 Å². The van der Waals surface area contributed by atoms with Crippen LogP contribution in [0.25, 0.3) is 0 Å². The van der Waals surface area contributed by atoms with E-state index in [0.717, 1.165) is 60.1 Å². The molecule has 0 bridgehead atoms. The van der Waals surface area contributed by atoms with E-state index in [4.69, 9.17) is 4.74 Å². The second-order valence-electron chi connectivity index (χ2n) is 8.83. The molecule has 1 fully saturated rings. The van der Waals surface area contributed by atoms with Gasteiger partial charge >= 0.3 is 0 Å². The number of ether oxygens (including phenoxy) is 1. The number of benzene rings is 1. The van der Waals surface area contributed by atoms with Crippen LogP contribution in [0.15, 0.2) is 18.5 Å². The van der Waals surface area contributed by atoms with Crippen LogP contribution in [0, 0.1) is 20.8 Å². The summed E-state index contributed by atoms with van der Waals surface area (Å²) in [6.45, 7) is 7.65. The highest BCUT2D eigenvalue weighted by molar-refractivity contribution is 5.86. The summed E-state index contributed by atoms with van der Waals surface area (Å²) in [7, 11) is 0. The summed E-state index contributed by atoms with van der Waals surface area (Å²) in [5.74, 6) is 1.07. The molecule has 0 saturated heterocycles. The van der Waals surface area contributed by atoms with E-state index in [2.05, 4.69) is 10.4 Å². The summed E-state index contributed by atoms with van der Waals surface area (Å²) < 4.78 is 8.34. The van der Waals surface area contributed by atoms with Gasteiger partial charge in [0, 0.05) is 30.4 Å². The number of hydrogen-bond acceptors (Lipinski definition) is 4. The molecule has 2 heterocycles. The predicted octanol–water partition coefficient (Wildman–Crippen LogP) is 3.90. The number of aromatic hydroxyl groups is 1. The van der Waals surface area contributed by atoms with Crippen molar-refractivity contribution in [3.8, 4) is 11.5 Å². The fraction of sp³-hybridized carbons (Fsp3) is 0.565. The number of fused-ring (bicyclic) bond motifs is 1. The smallest absolute Gasteiger partial charge is 0.264 e. The molecule has 0 spiro atoms. The van der Waals surface area contributed by atoms with Gasteiger partial charge in [-0.1, -0.05) is 0 Å². The first-order chi connectivity index (χ1) is 13.8. The van der Waals surface area contributed by atoms with Gasteiger partial charge < -0.3 is 15.2 Å². The van der Waals surface area contributed by atoms with E-state index in [1.165, 1.54) is 0 Å². The normalized spacial score (nSPS) is 26.5. The van der Waals surface area contributed by atoms with E-state index in [-0.39, 0.29) is 11.9 Å². The number of phenolic OH excluding ortho intramolecular Hbond substituents is 1. The van der Waals surface area contributed by atoms with Crippen LogP contribution in [0.2, 0.25) is 0 Å². The summed E-state index contributed by atoms with van der Waals surface area (Å²) in [6.07, 6.45) is 9.11. The lowest BCUT2D eigenvalue weighted by Crippen LogP contribution is -2.54. The maximum atomic E-state index is 13.2. The molecule has 6 nitrogen and oxygen atoms in total. The predicted molar refractivity (Wildman–Crippen MR) is 111 cm³/mol. The molecule has 2 aliphatic rings. The van der Waals surface area contributed by atoms with Gasteiger partial charge in [-0.25, -0.2) is 0 Å². The third-order valence-electron chi connectivity index (χ3n) is 6.93. The van der Waals surface area contributed by atoms with E-state index in [1.807, 2.05) is 50.8 Å². The Balaban J connectivity index is 1.44. The van der Waals surface area contributed by atoms with Crippen molar-refractivity contribution in [2.45, 2.75) is 83.9 Å². The zero-order chi connectivity index (χ0) is 20.8. The molecule has 1 atom stereocenters. The van der Waals surface area contributed by atoms with Gasteiger partial charge in [-0.2, -0.15) is 5.10 Å². The number of amides is 1. The molecule has 2 aromatic rings. The third kappa shape index (κ3) is 3.49. The van der Waals surface area contributed by atoms with E-state index in [9.17, 15) is 9.90 Å². The summed E-state index contributed by atoms with van der Waals surface area (Å²) >= 11 is 0. The molecule has 0 radical (unpaired) electrons. The summed E-state index contributed by atoms with van der Waals surface area (Å²) in [5, 5.41) is 17.9. The van der Waals surface area contributed by atoms with Gasteiger partial charge in [0.05, 0.1) is 6.04 Å². The van der Waals surface area contributed by atoms with Crippen LogP contribution in [-0.4, -0.2) is 32.4 Å². The molecule has 1 unspecified atom stereocenters. The van der Waals surface area contributed by atoms with Gasteiger partial charge in [-0.05, 0) is 82.6 Å². The molecule has 2 N–H and O–H groups in total. The van der Waals surface area contributed by atoms with Crippen molar-refractivity contribution in [2.24, 2.45) is 0 Å². The fourth-order valence-electron chi connectivity index (χ4n) is 4.73. The van der Waals surface area contributed by atoms with Gasteiger partial charge in [-0.15, -0.1) is 0 Å². The molecule has 1 amide bonds. The van der Waals surface area contributed by atoms with E-state index >= 15 is 0 Å². The minimum Gasteiger partial charge on any atom is -0.507 e. The first kappa shape index (κ1) is 19.8. The number of rotatable bonds is 3. The quantitative estimate of drug-likeness (QED) is 0.824. The highest BCUT2D eigenvalue weighted by atomic mass is 16.5. The monoisotopic (exact) mass is 397 g/mol. The van der Waals surface area contributed by atoms with E-state index in [1.54, 1.807) is 0 Å². The molecular weight excluding hydrogens is 366 g/mol. The number of nitrogens with zero attached hydrogens (tertiary/aromatic N) is 2. The summed E-state index contributed by atoms with van der Waals surface area (Å²) in [4.78, 5) is 13.2. The number of nitrogens with one attached hydrogen (secondary N) is 1. The number of carbonyl (C=O) groups excluding carboxylic acids is 1. The van der Waals surface area contributed by atoms with Gasteiger partial charge in [0.2, 0.25) is 0 Å². The van der Waals surface area contributed by atoms with Gasteiger partial charge in [0.25, 0.3) is 5.91 Å². The van der Waals surface area contributed by atoms with Crippen LogP contribution in [0.3, 0.4) is 0 Å². The van der Waals surface area contributed by atoms with Crippen LogP contribution in [0.5, 0.6) is 11.5 Å². The second kappa shape index (κ2) is 7.39. The lowest BCUT2D eigenvalue weighted by atomic mass is 9.86. The van der Waals surface area contributed by atoms with E-state index < -0.39 is 5.60 Å². The van der Waals surface area contributed by atoms with Gasteiger partial charge in [0.1, 0.15) is 11.5 Å². The molecule has 4 rings (SSSR count). The van der Waals surface area contributed by atoms with Crippen LogP contribution >= 0.6 is 0 Å². The first-order valence-electron chi connectivity index (χ1n) is 10.6. The highest BCUT2D eigenvalue weighted by Gasteiger charge is 2.41. The van der Waals surface area contributed by atoms with Crippen molar-refractivity contribution in [1.29, 1.82) is 0 Å². The Labute approximate surface area is 172 Å². The van der Waals surface area contributed by atoms with E-state index in [0.29, 0.717) is 18.2 Å². The Hall–Kier alpha value is -2.50. The minimum absolute atomic E-state index is 0.0338. The van der Waals surface area contributed by atoms with Crippen molar-refractivity contribution in [2.75, 3.05) is 0 Å². The summed E-state index contributed by atoms with van der Waals surface area (Å²) in [6, 6.07) is 2.56. The Bertz CT molecular complexity index is 914. The Kier molecular flexibility index (Phi) is 5.05. The Morgan fingerprint density at radius 2 is 1.93 bits per heavy atom. The van der Waals surface area contributed by atoms with Gasteiger partial charge in [-0.3, -0.25) is 9.48 Å². The number of phenols is 1. The van der Waals surface area contributed by atoms with Crippen LogP contribution < -0.4 is 10.1 Å². The molecule has 1 aromatic heterocycles. The lowest BCUT2D eigenvalue weighted by Gasteiger charge is -2.38. The first-order valence-corrected chi connectivity index (χ1v) is 10.6. The van der Waals surface area contributed by atoms with Crippen LogP contribution in [-0.2, 0) is 11.2 Å². The SMILES string of the molecule is Cc1c(C)c2c(c(C)c1O)CCC(C)(C(=O)NC1CCC(n3cccn3)CC1)O2. The van der Waals surface area contributed by atoms with Crippen molar-refractivity contribution in [1.82, 2.24) is 15.1 Å². The molecule has 156 valence electrons. The topological polar surface area (TPSA) is 76.4 Å². The average Bonchev–Trinajstić information content (AvgIpc) is 3.26. The van der Waals surface area contributed by atoms with Crippen molar-refractivity contribution in [3.63, 3.8) is 0 Å². The van der Waals surface area contributed by atoms with Crippen molar-refractivity contribution in [3.05, 3.63) is 40.7 Å². The Morgan fingerprint density at radius 3 is 2.59 bits per heavy atom. The zero-order valence-corrected chi connectivity index (χ0v) is 17.8. The average molecular weight is 398 g/mol. The molecular formula is C23H31N3O3. The Morgan fingerprint density at radius 1 is 1.21 bits per heavy atom. The fourth-order valence-corrected chi connectivity index (χ4v) is 4.73. The van der Waals surface area contributed by atoms with Crippen LogP contribution in [0.4, 0.5) is 0 Å². The minimum atomic E-state index is -0.882. The largest absolute Gasteiger partial charge is 0.507 e. The lowest BCUT2D eigenvalue weighted by molar-refractivity contribution is -0.138. The number of aromatic nitrogens is 2. The molecule has 6 heteroatoms. The standard InChI is InChI=1S/C23H31N3O3/c1-14-15(2)21-19(16(3)20(14)27)10-11-23(4,29-21)22(28)25-17-6-8-18(9-7-17)26-13-5-12-24-26/h5,12-13,17-18,27H,6-11H2,1-4H3,(H,25,28). The molecule has 29 heavy (non-hydrogen) atoms. The summed E-state index contributed by atoms with van der Waals surface area (Å²) in [5.41, 5.74) is 2.74. The molecule has 1 aromatic carbocycles.